The van der Waals surface area contributed by atoms with Crippen molar-refractivity contribution < 1.29 is 19.1 Å². The molecule has 0 aromatic heterocycles. The van der Waals surface area contributed by atoms with Gasteiger partial charge in [-0.15, -0.1) is 0 Å². The number of esters is 2. The Morgan fingerprint density at radius 2 is 1.85 bits per heavy atom. The summed E-state index contributed by atoms with van der Waals surface area (Å²) in [5.41, 5.74) is 1.79. The number of benzene rings is 1. The van der Waals surface area contributed by atoms with Gasteiger partial charge < -0.3 is 9.47 Å². The SMILES string of the molecule is C[SiH](C)C1(c2ccc3c(c2)C(=O)OC3=O)CCCCO1. The number of carbonyl (C=O) groups is 2. The van der Waals surface area contributed by atoms with Crippen molar-refractivity contribution in [2.45, 2.75) is 37.6 Å². The highest BCUT2D eigenvalue weighted by Crippen LogP contribution is 2.39. The van der Waals surface area contributed by atoms with Crippen LogP contribution in [-0.2, 0) is 14.7 Å². The van der Waals surface area contributed by atoms with Crippen molar-refractivity contribution in [2.75, 3.05) is 6.61 Å². The number of rotatable bonds is 2. The van der Waals surface area contributed by atoms with Gasteiger partial charge in [0, 0.05) is 6.61 Å². The molecule has 1 unspecified atom stereocenters. The van der Waals surface area contributed by atoms with Crippen LogP contribution in [0.1, 0.15) is 45.5 Å². The van der Waals surface area contributed by atoms with Gasteiger partial charge in [0.25, 0.3) is 0 Å². The summed E-state index contributed by atoms with van der Waals surface area (Å²) in [7, 11) is -1.14. The third kappa shape index (κ3) is 1.93. The maximum atomic E-state index is 11.7. The first kappa shape index (κ1) is 13.5. The topological polar surface area (TPSA) is 52.6 Å². The number of ether oxygens (including phenoxy) is 2. The molecule has 0 radical (unpaired) electrons. The zero-order valence-corrected chi connectivity index (χ0v) is 12.9. The summed E-state index contributed by atoms with van der Waals surface area (Å²) in [6.45, 7) is 5.30. The van der Waals surface area contributed by atoms with Crippen molar-refractivity contribution in [1.29, 1.82) is 0 Å². The fourth-order valence-electron chi connectivity index (χ4n) is 3.18. The third-order valence-electron chi connectivity index (χ3n) is 4.37. The van der Waals surface area contributed by atoms with Gasteiger partial charge in [0.15, 0.2) is 0 Å². The first-order valence-electron chi connectivity index (χ1n) is 7.09. The van der Waals surface area contributed by atoms with E-state index in [1.165, 1.54) is 0 Å². The lowest BCUT2D eigenvalue weighted by Gasteiger charge is -2.41. The molecule has 0 amide bonds. The van der Waals surface area contributed by atoms with Gasteiger partial charge in [-0.2, -0.15) is 0 Å². The molecule has 5 heteroatoms. The molecule has 1 saturated heterocycles. The minimum absolute atomic E-state index is 0.223. The molecule has 3 rings (SSSR count). The summed E-state index contributed by atoms with van der Waals surface area (Å²) < 4.78 is 10.8. The van der Waals surface area contributed by atoms with E-state index in [4.69, 9.17) is 4.74 Å². The van der Waals surface area contributed by atoms with Gasteiger partial charge in [0.05, 0.1) is 25.1 Å². The Morgan fingerprint density at radius 3 is 2.50 bits per heavy atom. The Balaban J connectivity index is 2.07. The Bertz CT molecular complexity index is 573. The molecule has 0 N–H and O–H groups in total. The Hall–Kier alpha value is -1.46. The minimum atomic E-state index is -1.14. The molecule has 1 aromatic carbocycles. The molecule has 0 saturated carbocycles. The predicted molar refractivity (Wildman–Crippen MR) is 76.5 cm³/mol. The molecule has 1 atom stereocenters. The van der Waals surface area contributed by atoms with Crippen molar-refractivity contribution in [3.63, 3.8) is 0 Å². The smallest absolute Gasteiger partial charge is 0.346 e. The molecule has 106 valence electrons. The highest BCUT2D eigenvalue weighted by atomic mass is 28.3. The van der Waals surface area contributed by atoms with Gasteiger partial charge in [-0.3, -0.25) is 0 Å². The zero-order chi connectivity index (χ0) is 14.3. The maximum Gasteiger partial charge on any atom is 0.346 e. The van der Waals surface area contributed by atoms with Crippen LogP contribution in [0, 0.1) is 0 Å². The maximum absolute atomic E-state index is 11.7. The number of cyclic esters (lactones) is 2. The number of fused-ring (bicyclic) bond motifs is 1. The minimum Gasteiger partial charge on any atom is -0.386 e. The monoisotopic (exact) mass is 290 g/mol. The average Bonchev–Trinajstić information content (AvgIpc) is 2.74. The van der Waals surface area contributed by atoms with Crippen molar-refractivity contribution >= 4 is 20.7 Å². The summed E-state index contributed by atoms with van der Waals surface area (Å²) in [6, 6.07) is 5.44. The van der Waals surface area contributed by atoms with Gasteiger partial charge in [0.1, 0.15) is 0 Å². The van der Waals surface area contributed by atoms with E-state index in [0.717, 1.165) is 31.4 Å². The Morgan fingerprint density at radius 1 is 1.10 bits per heavy atom. The summed E-state index contributed by atoms with van der Waals surface area (Å²) in [4.78, 5) is 23.2. The van der Waals surface area contributed by atoms with Gasteiger partial charge in [-0.1, -0.05) is 19.2 Å². The Kier molecular flexibility index (Phi) is 3.26. The van der Waals surface area contributed by atoms with E-state index < -0.39 is 20.7 Å². The predicted octanol–water partition coefficient (Wildman–Crippen LogP) is 2.42. The molecule has 4 nitrogen and oxygen atoms in total. The molecular formula is C15H18O4Si. The summed E-state index contributed by atoms with van der Waals surface area (Å²) in [5.74, 6) is -1.08. The first-order chi connectivity index (χ1) is 9.54. The highest BCUT2D eigenvalue weighted by molar-refractivity contribution is 6.59. The van der Waals surface area contributed by atoms with Crippen LogP contribution in [0.4, 0.5) is 0 Å². The normalized spacial score (nSPS) is 25.8. The molecule has 0 aliphatic carbocycles. The van der Waals surface area contributed by atoms with Crippen LogP contribution in [0.2, 0.25) is 13.1 Å². The second-order valence-electron chi connectivity index (χ2n) is 5.79. The van der Waals surface area contributed by atoms with Crippen LogP contribution >= 0.6 is 0 Å². The van der Waals surface area contributed by atoms with Gasteiger partial charge >= 0.3 is 11.9 Å². The zero-order valence-electron chi connectivity index (χ0n) is 11.8. The molecule has 1 aromatic rings. The van der Waals surface area contributed by atoms with Crippen LogP contribution in [-0.4, -0.2) is 27.3 Å². The average molecular weight is 290 g/mol. The van der Waals surface area contributed by atoms with Gasteiger partial charge in [0.2, 0.25) is 0 Å². The van der Waals surface area contributed by atoms with E-state index in [1.54, 1.807) is 12.1 Å². The van der Waals surface area contributed by atoms with Crippen LogP contribution in [0.15, 0.2) is 18.2 Å². The van der Waals surface area contributed by atoms with Gasteiger partial charge in [-0.05, 0) is 37.0 Å². The van der Waals surface area contributed by atoms with Crippen LogP contribution in [0.5, 0.6) is 0 Å². The second-order valence-corrected chi connectivity index (χ2v) is 9.03. The van der Waals surface area contributed by atoms with Gasteiger partial charge in [-0.25, -0.2) is 9.59 Å². The number of carbonyl (C=O) groups excluding carboxylic acids is 2. The highest BCUT2D eigenvalue weighted by Gasteiger charge is 2.40. The fraction of sp³-hybridized carbons (Fsp3) is 0.467. The van der Waals surface area contributed by atoms with E-state index in [1.807, 2.05) is 6.07 Å². The standard InChI is InChI=1S/C15H18O4Si/c1-20(2)15(7-3-4-8-18-15)10-5-6-11-12(9-10)14(17)19-13(11)16/h5-6,9,20H,3-4,7-8H2,1-2H3. The number of hydrogen-bond donors (Lipinski definition) is 0. The molecular weight excluding hydrogens is 272 g/mol. The quantitative estimate of drug-likeness (QED) is 0.477. The lowest BCUT2D eigenvalue weighted by atomic mass is 9.96. The van der Waals surface area contributed by atoms with E-state index >= 15 is 0 Å². The van der Waals surface area contributed by atoms with Crippen LogP contribution < -0.4 is 0 Å². The Labute approximate surface area is 119 Å². The lowest BCUT2D eigenvalue weighted by molar-refractivity contribution is -0.0264. The van der Waals surface area contributed by atoms with E-state index in [9.17, 15) is 9.59 Å². The van der Waals surface area contributed by atoms with Crippen molar-refractivity contribution in [2.24, 2.45) is 0 Å². The van der Waals surface area contributed by atoms with Crippen LogP contribution in [0.25, 0.3) is 0 Å². The van der Waals surface area contributed by atoms with Crippen molar-refractivity contribution in [3.05, 3.63) is 34.9 Å². The first-order valence-corrected chi connectivity index (χ1v) is 9.98. The third-order valence-corrected chi connectivity index (χ3v) is 7.02. The largest absolute Gasteiger partial charge is 0.386 e. The van der Waals surface area contributed by atoms with E-state index in [-0.39, 0.29) is 5.22 Å². The summed E-state index contributed by atoms with van der Waals surface area (Å²) >= 11 is 0. The fourth-order valence-corrected chi connectivity index (χ4v) is 5.26. The lowest BCUT2D eigenvalue weighted by Crippen LogP contribution is -2.44. The molecule has 2 aliphatic heterocycles. The molecule has 0 spiro atoms. The van der Waals surface area contributed by atoms with Crippen molar-refractivity contribution in [3.8, 4) is 0 Å². The second kappa shape index (κ2) is 4.82. The van der Waals surface area contributed by atoms with E-state index in [0.29, 0.717) is 11.1 Å². The molecule has 20 heavy (non-hydrogen) atoms. The van der Waals surface area contributed by atoms with Crippen molar-refractivity contribution in [1.82, 2.24) is 0 Å². The van der Waals surface area contributed by atoms with E-state index in [2.05, 4.69) is 17.8 Å². The molecule has 1 fully saturated rings. The van der Waals surface area contributed by atoms with Crippen LogP contribution in [0.3, 0.4) is 0 Å². The molecule has 0 bridgehead atoms. The summed E-state index contributed by atoms with van der Waals surface area (Å²) in [6.07, 6.45) is 3.23. The number of hydrogen-bond acceptors (Lipinski definition) is 4. The summed E-state index contributed by atoms with van der Waals surface area (Å²) in [5, 5.41) is -0.223. The molecule has 2 aliphatic rings. The molecule has 2 heterocycles.